The van der Waals surface area contributed by atoms with E-state index in [1.54, 1.807) is 0 Å². The minimum Gasteiger partial charge on any atom is -0.296 e. The Morgan fingerprint density at radius 1 is 1.47 bits per heavy atom. The second-order valence-corrected chi connectivity index (χ2v) is 5.92. The molecule has 0 unspecified atom stereocenters. The Bertz CT molecular complexity index is 390. The maximum Gasteiger partial charge on any atom is 0.168 e. The van der Waals surface area contributed by atoms with Crippen molar-refractivity contribution in [2.75, 3.05) is 5.75 Å². The van der Waals surface area contributed by atoms with Crippen LogP contribution in [-0.4, -0.2) is 21.8 Å². The van der Waals surface area contributed by atoms with Gasteiger partial charge in [-0.2, -0.15) is 16.9 Å². The number of aldehydes is 1. The molecule has 0 N–H and O–H groups in total. The molecule has 0 saturated heterocycles. The molecule has 2 rings (SSSR count). The number of aromatic nitrogens is 2. The van der Waals surface area contributed by atoms with Crippen LogP contribution in [-0.2, 0) is 17.7 Å². The van der Waals surface area contributed by atoms with Crippen molar-refractivity contribution in [3.05, 3.63) is 17.0 Å². The predicted octanol–water partition coefficient (Wildman–Crippen LogP) is 2.24. The maximum atomic E-state index is 11.1. The third-order valence-electron chi connectivity index (χ3n) is 2.58. The highest BCUT2D eigenvalue weighted by Gasteiger charge is 2.25. The Balaban J connectivity index is 2.56. The van der Waals surface area contributed by atoms with E-state index in [-0.39, 0.29) is 5.54 Å². The molecule has 0 amide bonds. The van der Waals surface area contributed by atoms with Crippen molar-refractivity contribution in [2.45, 2.75) is 38.5 Å². The molecule has 0 aliphatic carbocycles. The van der Waals surface area contributed by atoms with Crippen LogP contribution in [0.2, 0.25) is 0 Å². The van der Waals surface area contributed by atoms with E-state index >= 15 is 0 Å². The Kier molecular flexibility index (Phi) is 2.63. The largest absolute Gasteiger partial charge is 0.296 e. The average molecular weight is 224 g/mol. The Morgan fingerprint density at radius 3 is 2.80 bits per heavy atom. The third-order valence-corrected chi connectivity index (χ3v) is 3.57. The van der Waals surface area contributed by atoms with E-state index in [0.717, 1.165) is 41.2 Å². The molecular weight excluding hydrogens is 208 g/mol. The van der Waals surface area contributed by atoms with E-state index in [9.17, 15) is 4.79 Å². The quantitative estimate of drug-likeness (QED) is 0.686. The summed E-state index contributed by atoms with van der Waals surface area (Å²) >= 11 is 1.88. The van der Waals surface area contributed by atoms with Crippen LogP contribution in [0.15, 0.2) is 0 Å². The van der Waals surface area contributed by atoms with Gasteiger partial charge >= 0.3 is 0 Å². The molecule has 0 fully saturated rings. The molecule has 0 bridgehead atoms. The summed E-state index contributed by atoms with van der Waals surface area (Å²) in [5, 5.41) is 4.56. The lowest BCUT2D eigenvalue weighted by Gasteiger charge is -2.20. The SMILES string of the molecule is CC(C)(C)n1nc2c(c1C=O)CSCC2. The van der Waals surface area contributed by atoms with Crippen molar-refractivity contribution in [1.82, 2.24) is 9.78 Å². The lowest BCUT2D eigenvalue weighted by Crippen LogP contribution is -2.25. The second-order valence-electron chi connectivity index (χ2n) is 4.81. The lowest BCUT2D eigenvalue weighted by atomic mass is 10.1. The van der Waals surface area contributed by atoms with Crippen LogP contribution in [0.5, 0.6) is 0 Å². The van der Waals surface area contributed by atoms with E-state index in [4.69, 9.17) is 0 Å². The first-order valence-electron chi connectivity index (χ1n) is 5.18. The van der Waals surface area contributed by atoms with Crippen molar-refractivity contribution < 1.29 is 4.79 Å². The van der Waals surface area contributed by atoms with E-state index < -0.39 is 0 Å². The number of fused-ring (bicyclic) bond motifs is 1. The molecule has 0 saturated carbocycles. The summed E-state index contributed by atoms with van der Waals surface area (Å²) in [6, 6.07) is 0. The highest BCUT2D eigenvalue weighted by molar-refractivity contribution is 7.98. The zero-order valence-corrected chi connectivity index (χ0v) is 10.2. The van der Waals surface area contributed by atoms with Gasteiger partial charge in [0.1, 0.15) is 5.69 Å². The molecule has 4 heteroatoms. The number of thioether (sulfide) groups is 1. The number of aryl methyl sites for hydroxylation is 1. The molecule has 3 nitrogen and oxygen atoms in total. The lowest BCUT2D eigenvalue weighted by molar-refractivity contribution is 0.110. The fourth-order valence-electron chi connectivity index (χ4n) is 1.84. The number of carbonyl (C=O) groups excluding carboxylic acids is 1. The highest BCUT2D eigenvalue weighted by Crippen LogP contribution is 2.29. The van der Waals surface area contributed by atoms with Gasteiger partial charge in [-0.15, -0.1) is 0 Å². The second kappa shape index (κ2) is 3.67. The van der Waals surface area contributed by atoms with E-state index in [2.05, 4.69) is 25.9 Å². The van der Waals surface area contributed by atoms with Gasteiger partial charge in [-0.25, -0.2) is 0 Å². The molecule has 0 atom stereocenters. The summed E-state index contributed by atoms with van der Waals surface area (Å²) in [6.45, 7) is 6.22. The zero-order chi connectivity index (χ0) is 11.1. The molecule has 82 valence electrons. The summed E-state index contributed by atoms with van der Waals surface area (Å²) < 4.78 is 1.87. The van der Waals surface area contributed by atoms with Gasteiger partial charge in [0.25, 0.3) is 0 Å². The summed E-state index contributed by atoms with van der Waals surface area (Å²) in [4.78, 5) is 11.1. The standard InChI is InChI=1S/C11H16N2OS/c1-11(2,3)13-10(6-14)8-7-15-5-4-9(8)12-13/h6H,4-5,7H2,1-3H3. The van der Waals surface area contributed by atoms with Crippen LogP contribution in [0.3, 0.4) is 0 Å². The van der Waals surface area contributed by atoms with Crippen molar-refractivity contribution in [1.29, 1.82) is 0 Å². The number of hydrogen-bond donors (Lipinski definition) is 0. The van der Waals surface area contributed by atoms with Crippen molar-refractivity contribution in [2.24, 2.45) is 0 Å². The Labute approximate surface area is 94.2 Å². The van der Waals surface area contributed by atoms with Gasteiger partial charge < -0.3 is 0 Å². The first-order valence-corrected chi connectivity index (χ1v) is 6.33. The molecule has 1 aliphatic heterocycles. The van der Waals surface area contributed by atoms with E-state index in [1.165, 1.54) is 0 Å². The topological polar surface area (TPSA) is 34.9 Å². The number of rotatable bonds is 1. The van der Waals surface area contributed by atoms with Gasteiger partial charge in [0.2, 0.25) is 0 Å². The van der Waals surface area contributed by atoms with Gasteiger partial charge in [0.15, 0.2) is 6.29 Å². The fraction of sp³-hybridized carbons (Fsp3) is 0.636. The number of hydrogen-bond acceptors (Lipinski definition) is 3. The zero-order valence-electron chi connectivity index (χ0n) is 9.41. The minimum atomic E-state index is -0.113. The summed E-state index contributed by atoms with van der Waals surface area (Å²) in [5.74, 6) is 2.05. The normalized spacial score (nSPS) is 16.2. The van der Waals surface area contributed by atoms with E-state index in [1.807, 2.05) is 16.4 Å². The minimum absolute atomic E-state index is 0.113. The van der Waals surface area contributed by atoms with Gasteiger partial charge in [0, 0.05) is 17.7 Å². The van der Waals surface area contributed by atoms with E-state index in [0.29, 0.717) is 0 Å². The molecule has 1 aromatic rings. The van der Waals surface area contributed by atoms with Crippen LogP contribution in [0.25, 0.3) is 0 Å². The molecule has 0 spiro atoms. The number of carbonyl (C=O) groups is 1. The molecule has 0 aromatic carbocycles. The third kappa shape index (κ3) is 1.83. The van der Waals surface area contributed by atoms with Crippen molar-refractivity contribution >= 4 is 18.0 Å². The van der Waals surface area contributed by atoms with Gasteiger partial charge in [0.05, 0.1) is 11.2 Å². The molecular formula is C11H16N2OS. The van der Waals surface area contributed by atoms with Crippen LogP contribution in [0, 0.1) is 0 Å². The molecule has 2 heterocycles. The highest BCUT2D eigenvalue weighted by atomic mass is 32.2. The summed E-state index contributed by atoms with van der Waals surface area (Å²) in [7, 11) is 0. The maximum absolute atomic E-state index is 11.1. The first-order chi connectivity index (χ1) is 7.04. The first kappa shape index (κ1) is 10.7. The number of nitrogens with zero attached hydrogens (tertiary/aromatic N) is 2. The van der Waals surface area contributed by atoms with Crippen LogP contribution < -0.4 is 0 Å². The summed E-state index contributed by atoms with van der Waals surface area (Å²) in [6.07, 6.45) is 1.94. The molecule has 1 aromatic heterocycles. The Hall–Kier alpha value is -0.770. The average Bonchev–Trinajstić information content (AvgIpc) is 2.55. The molecule has 1 aliphatic rings. The van der Waals surface area contributed by atoms with Crippen LogP contribution in [0.1, 0.15) is 42.5 Å². The molecule has 15 heavy (non-hydrogen) atoms. The smallest absolute Gasteiger partial charge is 0.168 e. The van der Waals surface area contributed by atoms with Gasteiger partial charge in [-0.1, -0.05) is 0 Å². The fourth-order valence-corrected chi connectivity index (χ4v) is 2.84. The van der Waals surface area contributed by atoms with Crippen molar-refractivity contribution in [3.63, 3.8) is 0 Å². The molecule has 0 radical (unpaired) electrons. The Morgan fingerprint density at radius 2 is 2.20 bits per heavy atom. The van der Waals surface area contributed by atoms with Crippen molar-refractivity contribution in [3.8, 4) is 0 Å². The predicted molar refractivity (Wildman–Crippen MR) is 62.5 cm³/mol. The summed E-state index contributed by atoms with van der Waals surface area (Å²) in [5.41, 5.74) is 2.92. The van der Waals surface area contributed by atoms with Gasteiger partial charge in [-0.05, 0) is 26.5 Å². The monoisotopic (exact) mass is 224 g/mol. The van der Waals surface area contributed by atoms with Crippen LogP contribution in [0.4, 0.5) is 0 Å². The van der Waals surface area contributed by atoms with Gasteiger partial charge in [-0.3, -0.25) is 9.48 Å². The van der Waals surface area contributed by atoms with Crippen LogP contribution >= 0.6 is 11.8 Å².